The van der Waals surface area contributed by atoms with Crippen molar-refractivity contribution in [1.29, 1.82) is 5.26 Å². The molecule has 0 spiro atoms. The third-order valence-electron chi connectivity index (χ3n) is 5.68. The van der Waals surface area contributed by atoms with Gasteiger partial charge in [0.1, 0.15) is 5.82 Å². The summed E-state index contributed by atoms with van der Waals surface area (Å²) in [6.45, 7) is 0. The number of nitro groups is 1. The van der Waals surface area contributed by atoms with Crippen LogP contribution < -0.4 is 10.6 Å². The minimum Gasteiger partial charge on any atom is -0.384 e. The molecule has 1 atom stereocenters. The van der Waals surface area contributed by atoms with Gasteiger partial charge >= 0.3 is 0 Å². The van der Waals surface area contributed by atoms with Gasteiger partial charge < -0.3 is 5.73 Å². The molecule has 4 rings (SSSR count). The molecule has 1 aliphatic carbocycles. The smallest absolute Gasteiger partial charge is 0.269 e. The topological polar surface area (TPSA) is 113 Å². The molecule has 156 valence electrons. The van der Waals surface area contributed by atoms with Gasteiger partial charge in [-0.3, -0.25) is 19.8 Å². The Morgan fingerprint density at radius 3 is 2.42 bits per heavy atom. The predicted molar refractivity (Wildman–Crippen MR) is 119 cm³/mol. The Labute approximate surface area is 184 Å². The molecule has 1 heterocycles. The van der Waals surface area contributed by atoms with Gasteiger partial charge in [-0.15, -0.1) is 11.8 Å². The largest absolute Gasteiger partial charge is 0.384 e. The molecule has 0 radical (unpaired) electrons. The minimum absolute atomic E-state index is 0.00681. The number of hydrogen-bond donors (Lipinski definition) is 1. The molecule has 2 aliphatic rings. The summed E-state index contributed by atoms with van der Waals surface area (Å²) in [5.74, 6) is -0.255. The molecular weight excluding hydrogens is 412 g/mol. The zero-order valence-electron chi connectivity index (χ0n) is 16.9. The van der Waals surface area contributed by atoms with Gasteiger partial charge in [0.05, 0.1) is 22.5 Å². The second-order valence-electron chi connectivity index (χ2n) is 7.36. The summed E-state index contributed by atoms with van der Waals surface area (Å²) < 4.78 is 0. The number of Topliss-reactive ketones (excluding diaryl/α,β-unsaturated/α-hetero) is 1. The van der Waals surface area contributed by atoms with Gasteiger partial charge in [0.25, 0.3) is 5.69 Å². The SMILES string of the molecule is CSc1ccc([C@@H]2C(C#N)=C(N)N(c3ccc([N+](=O)[O-])cc3)C3=C2C(=O)CCC3)cc1. The van der Waals surface area contributed by atoms with Gasteiger partial charge in [0, 0.05) is 40.4 Å². The summed E-state index contributed by atoms with van der Waals surface area (Å²) in [5, 5.41) is 21.0. The number of nitrogens with two attached hydrogens (primary N) is 1. The average Bonchev–Trinajstić information content (AvgIpc) is 2.78. The Kier molecular flexibility index (Phi) is 5.53. The van der Waals surface area contributed by atoms with Gasteiger partial charge in [-0.05, 0) is 48.9 Å². The number of non-ortho nitro benzene ring substituents is 1. The maximum Gasteiger partial charge on any atom is 0.269 e. The van der Waals surface area contributed by atoms with Crippen LogP contribution in [0.1, 0.15) is 30.7 Å². The van der Waals surface area contributed by atoms with E-state index in [9.17, 15) is 20.2 Å². The zero-order valence-corrected chi connectivity index (χ0v) is 17.7. The number of ketones is 1. The molecule has 2 aromatic rings. The molecule has 0 amide bonds. The Balaban J connectivity index is 1.89. The fraction of sp³-hybridized carbons (Fsp3) is 0.217. The quantitative estimate of drug-likeness (QED) is 0.426. The highest BCUT2D eigenvalue weighted by atomic mass is 32.2. The van der Waals surface area contributed by atoms with E-state index in [1.54, 1.807) is 28.8 Å². The summed E-state index contributed by atoms with van der Waals surface area (Å²) in [4.78, 5) is 26.4. The number of nitrogens with zero attached hydrogens (tertiary/aromatic N) is 3. The van der Waals surface area contributed by atoms with Crippen molar-refractivity contribution >= 4 is 28.9 Å². The van der Waals surface area contributed by atoms with Crippen LogP contribution >= 0.6 is 11.8 Å². The molecule has 0 fully saturated rings. The molecule has 2 aromatic carbocycles. The third-order valence-corrected chi connectivity index (χ3v) is 6.42. The first-order chi connectivity index (χ1) is 15.0. The van der Waals surface area contributed by atoms with E-state index in [0.29, 0.717) is 36.1 Å². The molecule has 1 aliphatic heterocycles. The molecular formula is C23H20N4O3S. The Morgan fingerprint density at radius 2 is 1.84 bits per heavy atom. The van der Waals surface area contributed by atoms with Crippen molar-refractivity contribution in [3.8, 4) is 6.07 Å². The van der Waals surface area contributed by atoms with E-state index in [1.807, 2.05) is 30.5 Å². The van der Waals surface area contributed by atoms with Crippen LogP contribution in [-0.4, -0.2) is 17.0 Å². The number of nitriles is 1. The highest BCUT2D eigenvalue weighted by molar-refractivity contribution is 7.98. The van der Waals surface area contributed by atoms with Crippen LogP contribution in [0.5, 0.6) is 0 Å². The Morgan fingerprint density at radius 1 is 1.16 bits per heavy atom. The number of nitro benzene ring substituents is 1. The fourth-order valence-corrected chi connectivity index (χ4v) is 4.64. The average molecular weight is 433 g/mol. The lowest BCUT2D eigenvalue weighted by atomic mass is 9.75. The van der Waals surface area contributed by atoms with Crippen molar-refractivity contribution in [3.05, 3.63) is 86.9 Å². The van der Waals surface area contributed by atoms with Crippen LogP contribution in [0, 0.1) is 21.4 Å². The van der Waals surface area contributed by atoms with E-state index < -0.39 is 10.8 Å². The highest BCUT2D eigenvalue weighted by Crippen LogP contribution is 2.46. The highest BCUT2D eigenvalue weighted by Gasteiger charge is 2.40. The zero-order chi connectivity index (χ0) is 22.1. The number of anilines is 1. The van der Waals surface area contributed by atoms with E-state index in [4.69, 9.17) is 5.73 Å². The maximum absolute atomic E-state index is 13.1. The maximum atomic E-state index is 13.1. The van der Waals surface area contributed by atoms with Crippen LogP contribution in [0.15, 0.2) is 76.1 Å². The van der Waals surface area contributed by atoms with Gasteiger partial charge in [-0.2, -0.15) is 5.26 Å². The number of allylic oxidation sites excluding steroid dienone is 3. The second kappa shape index (κ2) is 8.28. The van der Waals surface area contributed by atoms with Crippen LogP contribution in [0.4, 0.5) is 11.4 Å². The standard InChI is InChI=1S/C23H20N4O3S/c1-31-17-11-5-14(6-12-17)21-18(13-24)23(25)26(19-3-2-4-20(28)22(19)21)15-7-9-16(10-8-15)27(29)30/h5-12,21H,2-4,25H2,1H3/t21-/m1/s1. The molecule has 0 aromatic heterocycles. The molecule has 8 heteroatoms. The number of rotatable bonds is 4. The molecule has 7 nitrogen and oxygen atoms in total. The Bertz CT molecular complexity index is 1160. The van der Waals surface area contributed by atoms with E-state index in [0.717, 1.165) is 16.2 Å². The summed E-state index contributed by atoms with van der Waals surface area (Å²) in [7, 11) is 0. The summed E-state index contributed by atoms with van der Waals surface area (Å²) >= 11 is 1.62. The van der Waals surface area contributed by atoms with Crippen LogP contribution in [0.3, 0.4) is 0 Å². The van der Waals surface area contributed by atoms with Crippen molar-refractivity contribution in [2.24, 2.45) is 5.73 Å². The van der Waals surface area contributed by atoms with Crippen molar-refractivity contribution < 1.29 is 9.72 Å². The first-order valence-electron chi connectivity index (χ1n) is 9.80. The van der Waals surface area contributed by atoms with Crippen LogP contribution in [0.25, 0.3) is 0 Å². The van der Waals surface area contributed by atoms with Crippen LogP contribution in [-0.2, 0) is 4.79 Å². The van der Waals surface area contributed by atoms with Crippen LogP contribution in [0.2, 0.25) is 0 Å². The number of carbonyl (C=O) groups excluding carboxylic acids is 1. The lowest BCUT2D eigenvalue weighted by Crippen LogP contribution is -2.38. The molecule has 0 unspecified atom stereocenters. The molecule has 0 bridgehead atoms. The molecule has 2 N–H and O–H groups in total. The third kappa shape index (κ3) is 3.57. The van der Waals surface area contributed by atoms with Gasteiger partial charge in [-0.1, -0.05) is 12.1 Å². The number of benzene rings is 2. The van der Waals surface area contributed by atoms with E-state index in [2.05, 4.69) is 6.07 Å². The molecule has 31 heavy (non-hydrogen) atoms. The van der Waals surface area contributed by atoms with E-state index in [1.165, 1.54) is 12.1 Å². The summed E-state index contributed by atoms with van der Waals surface area (Å²) in [5.41, 5.74) is 9.57. The predicted octanol–water partition coefficient (Wildman–Crippen LogP) is 4.62. The second-order valence-corrected chi connectivity index (χ2v) is 8.24. The van der Waals surface area contributed by atoms with E-state index in [-0.39, 0.29) is 17.3 Å². The van der Waals surface area contributed by atoms with E-state index >= 15 is 0 Å². The lowest BCUT2D eigenvalue weighted by Gasteiger charge is -2.39. The lowest BCUT2D eigenvalue weighted by molar-refractivity contribution is -0.384. The van der Waals surface area contributed by atoms with Crippen molar-refractivity contribution in [3.63, 3.8) is 0 Å². The number of hydrogen-bond acceptors (Lipinski definition) is 7. The minimum atomic E-state index is -0.516. The Hall–Kier alpha value is -3.57. The number of thioether (sulfide) groups is 1. The first-order valence-corrected chi connectivity index (χ1v) is 11.0. The van der Waals surface area contributed by atoms with Crippen molar-refractivity contribution in [1.82, 2.24) is 0 Å². The van der Waals surface area contributed by atoms with Gasteiger partial charge in [0.2, 0.25) is 0 Å². The summed E-state index contributed by atoms with van der Waals surface area (Å²) in [6, 6.07) is 16.0. The number of carbonyl (C=O) groups is 1. The van der Waals surface area contributed by atoms with Crippen molar-refractivity contribution in [2.75, 3.05) is 11.2 Å². The van der Waals surface area contributed by atoms with Gasteiger partial charge in [-0.25, -0.2) is 0 Å². The fourth-order valence-electron chi connectivity index (χ4n) is 4.23. The van der Waals surface area contributed by atoms with Crippen molar-refractivity contribution in [2.45, 2.75) is 30.1 Å². The first kappa shape index (κ1) is 20.7. The summed E-state index contributed by atoms with van der Waals surface area (Å²) in [6.07, 6.45) is 3.73. The normalized spacial score (nSPS) is 18.6. The van der Waals surface area contributed by atoms with Gasteiger partial charge in [0.15, 0.2) is 5.78 Å². The monoisotopic (exact) mass is 432 g/mol. The molecule has 0 saturated carbocycles. The molecule has 0 saturated heterocycles.